The van der Waals surface area contributed by atoms with Crippen LogP contribution < -0.4 is 5.32 Å². The predicted octanol–water partition coefficient (Wildman–Crippen LogP) is 4.70. The van der Waals surface area contributed by atoms with Crippen molar-refractivity contribution in [3.05, 3.63) is 48.2 Å². The molecule has 148 valence electrons. The third-order valence-electron chi connectivity index (χ3n) is 3.91. The van der Waals surface area contributed by atoms with Crippen molar-refractivity contribution in [2.75, 3.05) is 5.32 Å². The van der Waals surface area contributed by atoms with Gasteiger partial charge in [0, 0.05) is 12.2 Å². The smallest absolute Gasteiger partial charge is 0.416 e. The number of furan rings is 1. The molecule has 0 aliphatic rings. The van der Waals surface area contributed by atoms with E-state index in [4.69, 9.17) is 4.42 Å². The number of anilines is 1. The lowest BCUT2D eigenvalue weighted by molar-refractivity contribution is -0.137. The van der Waals surface area contributed by atoms with Gasteiger partial charge < -0.3 is 9.73 Å². The highest BCUT2D eigenvalue weighted by atomic mass is 32.2. The number of carbonyl (C=O) groups excluding carboxylic acids is 1. The molecule has 3 rings (SSSR count). The van der Waals surface area contributed by atoms with Crippen LogP contribution in [0.2, 0.25) is 0 Å². The van der Waals surface area contributed by atoms with Crippen LogP contribution in [-0.4, -0.2) is 25.9 Å². The normalized spacial score (nSPS) is 12.8. The van der Waals surface area contributed by atoms with Crippen LogP contribution in [0.3, 0.4) is 0 Å². The maximum absolute atomic E-state index is 12.6. The second-order valence-corrected chi connectivity index (χ2v) is 7.16. The van der Waals surface area contributed by atoms with E-state index in [1.54, 1.807) is 19.1 Å². The summed E-state index contributed by atoms with van der Waals surface area (Å²) in [5.74, 6) is 0.781. The molecule has 0 saturated heterocycles. The van der Waals surface area contributed by atoms with E-state index in [9.17, 15) is 18.0 Å². The molecule has 1 N–H and O–H groups in total. The first-order valence-corrected chi connectivity index (χ1v) is 9.29. The van der Waals surface area contributed by atoms with E-state index in [0.717, 1.165) is 12.1 Å². The number of amides is 1. The maximum atomic E-state index is 12.6. The van der Waals surface area contributed by atoms with Crippen molar-refractivity contribution in [2.45, 2.75) is 37.0 Å². The minimum Gasteiger partial charge on any atom is -0.461 e. The zero-order valence-electron chi connectivity index (χ0n) is 15.0. The Hall–Kier alpha value is -2.75. The Morgan fingerprint density at radius 2 is 1.96 bits per heavy atom. The van der Waals surface area contributed by atoms with Crippen LogP contribution in [0, 0.1) is 0 Å². The van der Waals surface area contributed by atoms with Crippen LogP contribution >= 0.6 is 11.8 Å². The Balaban J connectivity index is 1.68. The van der Waals surface area contributed by atoms with Gasteiger partial charge in [0.1, 0.15) is 0 Å². The summed E-state index contributed by atoms with van der Waals surface area (Å²) < 4.78 is 45.0. The fourth-order valence-corrected chi connectivity index (χ4v) is 3.36. The lowest BCUT2D eigenvalue weighted by Crippen LogP contribution is -2.23. The molecule has 0 aliphatic heterocycles. The first kappa shape index (κ1) is 20.0. The number of rotatable bonds is 6. The van der Waals surface area contributed by atoms with Crippen LogP contribution in [0.5, 0.6) is 0 Å². The Morgan fingerprint density at radius 3 is 2.54 bits per heavy atom. The molecule has 2 aromatic heterocycles. The van der Waals surface area contributed by atoms with E-state index in [2.05, 4.69) is 15.5 Å². The molecule has 1 atom stereocenters. The largest absolute Gasteiger partial charge is 0.461 e. The number of halogens is 3. The van der Waals surface area contributed by atoms with Crippen molar-refractivity contribution in [3.8, 4) is 11.6 Å². The molecule has 1 aromatic carbocycles. The van der Waals surface area contributed by atoms with Crippen LogP contribution in [0.4, 0.5) is 18.9 Å². The number of benzene rings is 1. The quantitative estimate of drug-likeness (QED) is 0.597. The van der Waals surface area contributed by atoms with Gasteiger partial charge in [-0.2, -0.15) is 13.2 Å². The molecule has 3 aromatic rings. The topological polar surface area (TPSA) is 73.0 Å². The molecule has 10 heteroatoms. The van der Waals surface area contributed by atoms with E-state index < -0.39 is 17.0 Å². The molecule has 1 unspecified atom stereocenters. The highest BCUT2D eigenvalue weighted by molar-refractivity contribution is 8.00. The third kappa shape index (κ3) is 4.38. The van der Waals surface area contributed by atoms with Gasteiger partial charge in [-0.05, 0) is 50.2 Å². The van der Waals surface area contributed by atoms with E-state index in [1.165, 1.54) is 30.2 Å². The molecule has 0 fully saturated rings. The Bertz CT molecular complexity index is 937. The van der Waals surface area contributed by atoms with E-state index >= 15 is 0 Å². The van der Waals surface area contributed by atoms with Crippen LogP contribution in [0.1, 0.15) is 19.4 Å². The highest BCUT2D eigenvalue weighted by Crippen LogP contribution is 2.30. The van der Waals surface area contributed by atoms with Gasteiger partial charge in [-0.1, -0.05) is 11.8 Å². The fraction of sp³-hybridized carbons (Fsp3) is 0.278. The molecular formula is C18H17F3N4O2S. The molecule has 28 heavy (non-hydrogen) atoms. The van der Waals surface area contributed by atoms with Crippen molar-refractivity contribution in [2.24, 2.45) is 0 Å². The number of aromatic nitrogens is 3. The summed E-state index contributed by atoms with van der Waals surface area (Å²) in [6.07, 6.45) is -2.88. The predicted molar refractivity (Wildman–Crippen MR) is 98.8 cm³/mol. The van der Waals surface area contributed by atoms with Crippen molar-refractivity contribution < 1.29 is 22.4 Å². The molecule has 0 aliphatic carbocycles. The first-order valence-electron chi connectivity index (χ1n) is 8.41. The number of hydrogen-bond donors (Lipinski definition) is 1. The summed E-state index contributed by atoms with van der Waals surface area (Å²) in [7, 11) is 0. The number of carbonyl (C=O) groups is 1. The lowest BCUT2D eigenvalue weighted by atomic mass is 10.2. The Labute approximate surface area is 163 Å². The minimum absolute atomic E-state index is 0.290. The monoisotopic (exact) mass is 410 g/mol. The van der Waals surface area contributed by atoms with Gasteiger partial charge in [0.05, 0.1) is 17.1 Å². The zero-order valence-corrected chi connectivity index (χ0v) is 15.8. The summed E-state index contributed by atoms with van der Waals surface area (Å²) in [6, 6.07) is 7.82. The van der Waals surface area contributed by atoms with Gasteiger partial charge in [0.25, 0.3) is 0 Å². The van der Waals surface area contributed by atoms with Crippen molar-refractivity contribution in [3.63, 3.8) is 0 Å². The van der Waals surface area contributed by atoms with Crippen molar-refractivity contribution in [1.82, 2.24) is 14.8 Å². The second-order valence-electron chi connectivity index (χ2n) is 5.85. The molecule has 0 saturated carbocycles. The zero-order chi connectivity index (χ0) is 20.3. The van der Waals surface area contributed by atoms with Gasteiger partial charge in [-0.3, -0.25) is 9.36 Å². The second kappa shape index (κ2) is 8.09. The van der Waals surface area contributed by atoms with Crippen molar-refractivity contribution in [1.29, 1.82) is 0 Å². The fourth-order valence-electron chi connectivity index (χ4n) is 2.45. The molecule has 0 bridgehead atoms. The van der Waals surface area contributed by atoms with Crippen molar-refractivity contribution >= 4 is 23.4 Å². The summed E-state index contributed by atoms with van der Waals surface area (Å²) >= 11 is 1.20. The van der Waals surface area contributed by atoms with E-state index in [1.807, 2.05) is 11.5 Å². The van der Waals surface area contributed by atoms with Gasteiger partial charge in [0.2, 0.25) is 5.91 Å². The SMILES string of the molecule is CCn1c(SC(C)C(=O)Nc2ccc(C(F)(F)F)cc2)nnc1-c1ccco1. The average Bonchev–Trinajstić information content (AvgIpc) is 3.30. The first-order chi connectivity index (χ1) is 13.3. The van der Waals surface area contributed by atoms with Crippen LogP contribution in [0.15, 0.2) is 52.2 Å². The third-order valence-corrected chi connectivity index (χ3v) is 4.99. The lowest BCUT2D eigenvalue weighted by Gasteiger charge is -2.13. The summed E-state index contributed by atoms with van der Waals surface area (Å²) in [6.45, 7) is 4.19. The molecule has 0 radical (unpaired) electrons. The van der Waals surface area contributed by atoms with Gasteiger partial charge in [-0.15, -0.1) is 10.2 Å². The molecule has 6 nitrogen and oxygen atoms in total. The van der Waals surface area contributed by atoms with E-state index in [-0.39, 0.29) is 5.91 Å². The summed E-state index contributed by atoms with van der Waals surface area (Å²) in [5.41, 5.74) is -0.479. The van der Waals surface area contributed by atoms with E-state index in [0.29, 0.717) is 29.0 Å². The van der Waals surface area contributed by atoms with Crippen LogP contribution in [-0.2, 0) is 17.5 Å². The molecule has 0 spiro atoms. The van der Waals surface area contributed by atoms with Gasteiger partial charge >= 0.3 is 6.18 Å². The molecule has 2 heterocycles. The number of hydrogen-bond acceptors (Lipinski definition) is 5. The standard InChI is InChI=1S/C18H17F3N4O2S/c1-3-25-15(14-5-4-10-27-14)23-24-17(25)28-11(2)16(26)22-13-8-6-12(7-9-13)18(19,20)21/h4-11H,3H2,1-2H3,(H,22,26). The van der Waals surface area contributed by atoms with Gasteiger partial charge in [0.15, 0.2) is 16.7 Å². The highest BCUT2D eigenvalue weighted by Gasteiger charge is 2.30. The number of alkyl halides is 3. The van der Waals surface area contributed by atoms with Gasteiger partial charge in [-0.25, -0.2) is 0 Å². The summed E-state index contributed by atoms with van der Waals surface area (Å²) in [5, 5.41) is 10.9. The Morgan fingerprint density at radius 1 is 1.25 bits per heavy atom. The molecule has 1 amide bonds. The number of nitrogens with one attached hydrogen (secondary N) is 1. The number of thioether (sulfide) groups is 1. The molecular weight excluding hydrogens is 393 g/mol. The maximum Gasteiger partial charge on any atom is 0.416 e. The number of nitrogens with zero attached hydrogens (tertiary/aromatic N) is 3. The summed E-state index contributed by atoms with van der Waals surface area (Å²) in [4.78, 5) is 12.4. The minimum atomic E-state index is -4.42. The average molecular weight is 410 g/mol. The Kier molecular flexibility index (Phi) is 5.78. The van der Waals surface area contributed by atoms with Crippen LogP contribution in [0.25, 0.3) is 11.6 Å².